The van der Waals surface area contributed by atoms with Crippen molar-refractivity contribution in [2.24, 2.45) is 0 Å². The summed E-state index contributed by atoms with van der Waals surface area (Å²) in [4.78, 5) is 26.6. The SMILES string of the molecule is C[C@H](NC(=O)CN1C(=O)CCn2nc(-c3cccc(Cl)c3)cc21)c1ccccc1. The molecule has 2 aromatic carbocycles. The van der Waals surface area contributed by atoms with Gasteiger partial charge in [0.05, 0.1) is 18.3 Å². The molecule has 29 heavy (non-hydrogen) atoms. The van der Waals surface area contributed by atoms with Crippen molar-refractivity contribution in [3.8, 4) is 11.3 Å². The Hall–Kier alpha value is -3.12. The van der Waals surface area contributed by atoms with Crippen LogP contribution in [0.4, 0.5) is 5.82 Å². The van der Waals surface area contributed by atoms with Crippen molar-refractivity contribution >= 4 is 29.2 Å². The highest BCUT2D eigenvalue weighted by atomic mass is 35.5. The third-order valence-electron chi connectivity index (χ3n) is 4.97. The van der Waals surface area contributed by atoms with E-state index in [0.717, 1.165) is 16.8 Å². The van der Waals surface area contributed by atoms with Crippen molar-refractivity contribution in [3.63, 3.8) is 0 Å². The lowest BCUT2D eigenvalue weighted by Gasteiger charge is -2.27. The van der Waals surface area contributed by atoms with Gasteiger partial charge in [-0.1, -0.05) is 54.1 Å². The lowest BCUT2D eigenvalue weighted by molar-refractivity contribution is -0.124. The summed E-state index contributed by atoms with van der Waals surface area (Å²) >= 11 is 6.09. The predicted octanol–water partition coefficient (Wildman–Crippen LogP) is 3.82. The van der Waals surface area contributed by atoms with E-state index in [2.05, 4.69) is 10.4 Å². The molecule has 0 spiro atoms. The number of anilines is 1. The fraction of sp³-hybridized carbons (Fsp3) is 0.227. The van der Waals surface area contributed by atoms with Crippen molar-refractivity contribution in [1.82, 2.24) is 15.1 Å². The highest BCUT2D eigenvalue weighted by Gasteiger charge is 2.28. The van der Waals surface area contributed by atoms with Crippen LogP contribution < -0.4 is 10.2 Å². The molecule has 1 aliphatic rings. The third-order valence-corrected chi connectivity index (χ3v) is 5.21. The Balaban J connectivity index is 1.53. The second-order valence-corrected chi connectivity index (χ2v) is 7.49. The molecule has 0 bridgehead atoms. The molecule has 7 heteroatoms. The van der Waals surface area contributed by atoms with Crippen LogP contribution in [-0.2, 0) is 16.1 Å². The van der Waals surface area contributed by atoms with Gasteiger partial charge in [-0.2, -0.15) is 5.10 Å². The Morgan fingerprint density at radius 2 is 1.97 bits per heavy atom. The van der Waals surface area contributed by atoms with E-state index in [1.54, 1.807) is 10.7 Å². The van der Waals surface area contributed by atoms with Gasteiger partial charge in [-0.15, -0.1) is 0 Å². The summed E-state index contributed by atoms with van der Waals surface area (Å²) in [5.41, 5.74) is 2.60. The highest BCUT2D eigenvalue weighted by Crippen LogP contribution is 2.29. The smallest absolute Gasteiger partial charge is 0.240 e. The van der Waals surface area contributed by atoms with Gasteiger partial charge in [-0.3, -0.25) is 14.5 Å². The third kappa shape index (κ3) is 4.17. The topological polar surface area (TPSA) is 67.2 Å². The predicted molar refractivity (Wildman–Crippen MR) is 113 cm³/mol. The maximum Gasteiger partial charge on any atom is 0.240 e. The number of halogens is 1. The Bertz CT molecular complexity index is 1050. The zero-order chi connectivity index (χ0) is 20.4. The second kappa shape index (κ2) is 8.09. The zero-order valence-corrected chi connectivity index (χ0v) is 16.8. The number of carbonyl (C=O) groups is 2. The molecule has 0 aliphatic carbocycles. The average molecular weight is 409 g/mol. The Morgan fingerprint density at radius 1 is 1.17 bits per heavy atom. The van der Waals surface area contributed by atoms with Crippen LogP contribution in [0.3, 0.4) is 0 Å². The average Bonchev–Trinajstić information content (AvgIpc) is 3.15. The van der Waals surface area contributed by atoms with Gasteiger partial charge in [0.15, 0.2) is 0 Å². The van der Waals surface area contributed by atoms with Gasteiger partial charge in [-0.25, -0.2) is 4.68 Å². The highest BCUT2D eigenvalue weighted by molar-refractivity contribution is 6.30. The molecule has 148 valence electrons. The van der Waals surface area contributed by atoms with Gasteiger partial charge >= 0.3 is 0 Å². The van der Waals surface area contributed by atoms with E-state index in [-0.39, 0.29) is 24.4 Å². The van der Waals surface area contributed by atoms with E-state index >= 15 is 0 Å². The number of hydrogen-bond acceptors (Lipinski definition) is 3. The summed E-state index contributed by atoms with van der Waals surface area (Å²) in [6.07, 6.45) is 0.311. The molecule has 0 saturated carbocycles. The summed E-state index contributed by atoms with van der Waals surface area (Å²) in [7, 11) is 0. The number of benzene rings is 2. The summed E-state index contributed by atoms with van der Waals surface area (Å²) in [6, 6.07) is 18.8. The molecule has 3 aromatic rings. The maximum atomic E-state index is 12.6. The van der Waals surface area contributed by atoms with E-state index in [1.807, 2.05) is 61.5 Å². The molecule has 4 rings (SSSR count). The first-order valence-electron chi connectivity index (χ1n) is 9.50. The molecule has 6 nitrogen and oxygen atoms in total. The van der Waals surface area contributed by atoms with E-state index < -0.39 is 0 Å². The normalized spacial score (nSPS) is 14.4. The van der Waals surface area contributed by atoms with E-state index in [0.29, 0.717) is 23.8 Å². The molecule has 1 aromatic heterocycles. The molecular weight excluding hydrogens is 388 g/mol. The summed E-state index contributed by atoms with van der Waals surface area (Å²) in [5, 5.41) is 8.18. The number of carbonyl (C=O) groups excluding carboxylic acids is 2. The van der Waals surface area contributed by atoms with Crippen molar-refractivity contribution < 1.29 is 9.59 Å². The number of fused-ring (bicyclic) bond motifs is 1. The van der Waals surface area contributed by atoms with Crippen LogP contribution in [0.2, 0.25) is 5.02 Å². The molecule has 0 saturated heterocycles. The summed E-state index contributed by atoms with van der Waals surface area (Å²) < 4.78 is 1.77. The van der Waals surface area contributed by atoms with E-state index in [1.165, 1.54) is 4.90 Å². The Morgan fingerprint density at radius 3 is 2.72 bits per heavy atom. The first-order chi connectivity index (χ1) is 14.0. The van der Waals surface area contributed by atoms with Crippen molar-refractivity contribution in [1.29, 1.82) is 0 Å². The van der Waals surface area contributed by atoms with E-state index in [9.17, 15) is 9.59 Å². The van der Waals surface area contributed by atoms with Crippen LogP contribution in [0.1, 0.15) is 24.9 Å². The quantitative estimate of drug-likeness (QED) is 0.697. The van der Waals surface area contributed by atoms with Crippen LogP contribution >= 0.6 is 11.6 Å². The molecule has 2 heterocycles. The number of amides is 2. The molecule has 1 N–H and O–H groups in total. The van der Waals surface area contributed by atoms with Gasteiger partial charge in [0, 0.05) is 23.1 Å². The largest absolute Gasteiger partial charge is 0.348 e. The van der Waals surface area contributed by atoms with Gasteiger partial charge in [0.1, 0.15) is 12.4 Å². The lowest BCUT2D eigenvalue weighted by atomic mass is 10.1. The number of nitrogens with one attached hydrogen (secondary N) is 1. The first kappa shape index (κ1) is 19.2. The minimum absolute atomic E-state index is 0.0450. The molecule has 0 radical (unpaired) electrons. The number of nitrogens with zero attached hydrogens (tertiary/aromatic N) is 3. The van der Waals surface area contributed by atoms with Crippen molar-refractivity contribution in [3.05, 3.63) is 71.2 Å². The number of aromatic nitrogens is 2. The van der Waals surface area contributed by atoms with Crippen LogP contribution in [0.15, 0.2) is 60.7 Å². The molecule has 2 amide bonds. The molecule has 0 fully saturated rings. The number of aryl methyl sites for hydroxylation is 1. The molecular formula is C22H21ClN4O2. The van der Waals surface area contributed by atoms with Gasteiger partial charge in [0.25, 0.3) is 0 Å². The maximum absolute atomic E-state index is 12.6. The summed E-state index contributed by atoms with van der Waals surface area (Å²) in [5.74, 6) is 0.324. The molecule has 0 unspecified atom stereocenters. The van der Waals surface area contributed by atoms with Crippen molar-refractivity contribution in [2.45, 2.75) is 25.9 Å². The minimum Gasteiger partial charge on any atom is -0.348 e. The minimum atomic E-state index is -0.214. The van der Waals surface area contributed by atoms with Crippen LogP contribution in [-0.4, -0.2) is 28.1 Å². The zero-order valence-electron chi connectivity index (χ0n) is 16.0. The van der Waals surface area contributed by atoms with Gasteiger partial charge < -0.3 is 5.32 Å². The first-order valence-corrected chi connectivity index (χ1v) is 9.87. The second-order valence-electron chi connectivity index (χ2n) is 7.05. The Labute approximate surface area is 174 Å². The fourth-order valence-corrected chi connectivity index (χ4v) is 3.66. The molecule has 1 aliphatic heterocycles. The van der Waals surface area contributed by atoms with Gasteiger partial charge in [0.2, 0.25) is 11.8 Å². The molecule has 1 atom stereocenters. The monoisotopic (exact) mass is 408 g/mol. The summed E-state index contributed by atoms with van der Waals surface area (Å²) in [6.45, 7) is 2.37. The Kier molecular flexibility index (Phi) is 5.36. The number of hydrogen-bond donors (Lipinski definition) is 1. The standard InChI is InChI=1S/C22H21ClN4O2/c1-15(16-6-3-2-4-7-16)24-20(28)14-26-21-13-19(17-8-5-9-18(23)12-17)25-27(21)11-10-22(26)29/h2-9,12-13,15H,10-11,14H2,1H3,(H,24,28)/t15-/m0/s1. The van der Waals surface area contributed by atoms with Crippen LogP contribution in [0.25, 0.3) is 11.3 Å². The van der Waals surface area contributed by atoms with Crippen LogP contribution in [0, 0.1) is 0 Å². The number of rotatable bonds is 5. The van der Waals surface area contributed by atoms with Crippen LogP contribution in [0.5, 0.6) is 0 Å². The van der Waals surface area contributed by atoms with Crippen molar-refractivity contribution in [2.75, 3.05) is 11.4 Å². The lowest BCUT2D eigenvalue weighted by Crippen LogP contribution is -2.44. The fourth-order valence-electron chi connectivity index (χ4n) is 3.47. The van der Waals surface area contributed by atoms with E-state index in [4.69, 9.17) is 11.6 Å². The van der Waals surface area contributed by atoms with Gasteiger partial charge in [-0.05, 0) is 24.6 Å².